The fourth-order valence-corrected chi connectivity index (χ4v) is 1.78. The van der Waals surface area contributed by atoms with Crippen molar-refractivity contribution < 1.29 is 13.9 Å². The molecule has 1 heterocycles. The molecule has 1 amide bonds. The minimum absolute atomic E-state index is 0.101. The Bertz CT molecular complexity index is 609. The van der Waals surface area contributed by atoms with Gasteiger partial charge in [-0.3, -0.25) is 4.79 Å². The molecular formula is C12H9Cl2FN2O2. The highest BCUT2D eigenvalue weighted by Crippen LogP contribution is 2.24. The lowest BCUT2D eigenvalue weighted by molar-refractivity contribution is 0.102. The number of benzene rings is 1. The van der Waals surface area contributed by atoms with Crippen molar-refractivity contribution in [2.24, 2.45) is 0 Å². The molecule has 2 rings (SSSR count). The lowest BCUT2D eigenvalue weighted by Gasteiger charge is -2.06. The van der Waals surface area contributed by atoms with Gasteiger partial charge in [-0.1, -0.05) is 23.2 Å². The number of carbonyl (C=O) groups is 1. The van der Waals surface area contributed by atoms with Crippen LogP contribution in [0.2, 0.25) is 10.2 Å². The highest BCUT2D eigenvalue weighted by atomic mass is 35.5. The third-order valence-electron chi connectivity index (χ3n) is 2.38. The number of ether oxygens (including phenoxy) is 1. The lowest BCUT2D eigenvalue weighted by atomic mass is 10.2. The zero-order valence-corrected chi connectivity index (χ0v) is 11.3. The van der Waals surface area contributed by atoms with Gasteiger partial charge in [-0.2, -0.15) is 0 Å². The minimum atomic E-state index is -0.567. The number of amides is 1. The molecule has 0 saturated heterocycles. The number of carbonyl (C=O) groups excluding carboxylic acids is 1. The molecule has 0 radical (unpaired) electrons. The summed E-state index contributed by atoms with van der Waals surface area (Å²) < 4.78 is 18.2. The summed E-state index contributed by atoms with van der Waals surface area (Å²) in [4.78, 5) is 14.4. The third-order valence-corrected chi connectivity index (χ3v) is 3.07. The number of hydrogen-bond donors (Lipinski definition) is 2. The molecule has 2 aromatic rings. The van der Waals surface area contributed by atoms with Crippen molar-refractivity contribution in [1.29, 1.82) is 0 Å². The largest absolute Gasteiger partial charge is 0.494 e. The van der Waals surface area contributed by atoms with E-state index < -0.39 is 11.7 Å². The van der Waals surface area contributed by atoms with Gasteiger partial charge in [0.2, 0.25) is 0 Å². The van der Waals surface area contributed by atoms with Crippen molar-refractivity contribution >= 4 is 34.8 Å². The van der Waals surface area contributed by atoms with Gasteiger partial charge < -0.3 is 15.0 Å². The second-order valence-electron chi connectivity index (χ2n) is 3.65. The molecule has 7 heteroatoms. The first-order valence-corrected chi connectivity index (χ1v) is 5.95. The van der Waals surface area contributed by atoms with Crippen LogP contribution >= 0.6 is 23.2 Å². The van der Waals surface area contributed by atoms with E-state index in [9.17, 15) is 9.18 Å². The van der Waals surface area contributed by atoms with Crippen LogP contribution in [0.4, 0.5) is 10.1 Å². The van der Waals surface area contributed by atoms with Gasteiger partial charge in [0.1, 0.15) is 10.8 Å². The van der Waals surface area contributed by atoms with E-state index in [0.29, 0.717) is 5.69 Å². The van der Waals surface area contributed by atoms with E-state index in [1.54, 1.807) is 0 Å². The van der Waals surface area contributed by atoms with E-state index in [-0.39, 0.29) is 21.6 Å². The van der Waals surface area contributed by atoms with Gasteiger partial charge in [0, 0.05) is 11.8 Å². The molecule has 100 valence electrons. The number of aromatic amines is 1. The molecule has 1 aromatic heterocycles. The molecule has 0 aliphatic rings. The Morgan fingerprint density at radius 3 is 2.63 bits per heavy atom. The smallest absolute Gasteiger partial charge is 0.272 e. The summed E-state index contributed by atoms with van der Waals surface area (Å²) in [5, 5.41) is 2.92. The van der Waals surface area contributed by atoms with Crippen LogP contribution in [0.15, 0.2) is 24.3 Å². The molecule has 0 bridgehead atoms. The van der Waals surface area contributed by atoms with E-state index in [0.717, 1.165) is 6.07 Å². The first-order valence-electron chi connectivity index (χ1n) is 5.20. The molecule has 2 N–H and O–H groups in total. The summed E-state index contributed by atoms with van der Waals surface area (Å²) in [5.74, 6) is -0.940. The number of methoxy groups -OCH3 is 1. The summed E-state index contributed by atoms with van der Waals surface area (Å²) in [6, 6.07) is 5.48. The van der Waals surface area contributed by atoms with Crippen molar-refractivity contribution in [3.8, 4) is 5.75 Å². The first-order chi connectivity index (χ1) is 9.01. The quantitative estimate of drug-likeness (QED) is 0.908. The number of aromatic nitrogens is 1. The maximum Gasteiger partial charge on any atom is 0.272 e. The molecule has 0 fully saturated rings. The molecule has 0 aliphatic carbocycles. The van der Waals surface area contributed by atoms with Crippen LogP contribution in [0.5, 0.6) is 5.75 Å². The van der Waals surface area contributed by atoms with Crippen molar-refractivity contribution in [2.75, 3.05) is 12.4 Å². The standard InChI is InChI=1S/C12H9Cl2FN2O2/c1-19-10-3-2-6(4-8(10)15)16-12(18)9-5-7(13)11(14)17-9/h2-5,17H,1H3,(H,16,18). The highest BCUT2D eigenvalue weighted by molar-refractivity contribution is 6.41. The highest BCUT2D eigenvalue weighted by Gasteiger charge is 2.12. The predicted octanol–water partition coefficient (Wildman–Crippen LogP) is 3.72. The Morgan fingerprint density at radius 2 is 2.11 bits per heavy atom. The molecule has 0 atom stereocenters. The number of nitrogens with one attached hydrogen (secondary N) is 2. The van der Waals surface area contributed by atoms with Crippen molar-refractivity contribution in [2.45, 2.75) is 0 Å². The maximum absolute atomic E-state index is 13.4. The van der Waals surface area contributed by atoms with Gasteiger partial charge in [-0.25, -0.2) is 4.39 Å². The van der Waals surface area contributed by atoms with Crippen LogP contribution in [0.3, 0.4) is 0 Å². The third kappa shape index (κ3) is 3.00. The summed E-state index contributed by atoms with van der Waals surface area (Å²) in [6.07, 6.45) is 0. The zero-order chi connectivity index (χ0) is 14.0. The monoisotopic (exact) mass is 302 g/mol. The van der Waals surface area contributed by atoms with Gasteiger partial charge in [-0.15, -0.1) is 0 Å². The Balaban J connectivity index is 2.17. The van der Waals surface area contributed by atoms with Gasteiger partial charge in [-0.05, 0) is 18.2 Å². The van der Waals surface area contributed by atoms with Crippen LogP contribution in [0.1, 0.15) is 10.5 Å². The van der Waals surface area contributed by atoms with Crippen molar-refractivity contribution in [3.05, 3.63) is 46.0 Å². The molecule has 0 unspecified atom stereocenters. The minimum Gasteiger partial charge on any atom is -0.494 e. The van der Waals surface area contributed by atoms with Crippen molar-refractivity contribution in [3.63, 3.8) is 0 Å². The van der Waals surface area contributed by atoms with Crippen LogP contribution < -0.4 is 10.1 Å². The number of H-pyrrole nitrogens is 1. The topological polar surface area (TPSA) is 54.1 Å². The maximum atomic E-state index is 13.4. The van der Waals surface area contributed by atoms with E-state index in [1.165, 1.54) is 25.3 Å². The SMILES string of the molecule is COc1ccc(NC(=O)c2cc(Cl)c(Cl)[nH]2)cc1F. The second kappa shape index (κ2) is 5.50. The molecule has 4 nitrogen and oxygen atoms in total. The number of anilines is 1. The van der Waals surface area contributed by atoms with Gasteiger partial charge >= 0.3 is 0 Å². The van der Waals surface area contributed by atoms with E-state index in [4.69, 9.17) is 27.9 Å². The fourth-order valence-electron chi connectivity index (χ4n) is 1.47. The molecule has 0 spiro atoms. The van der Waals surface area contributed by atoms with Gasteiger partial charge in [0.25, 0.3) is 5.91 Å². The Labute approximate surface area is 118 Å². The van der Waals surface area contributed by atoms with Crippen LogP contribution in [-0.4, -0.2) is 18.0 Å². The fraction of sp³-hybridized carbons (Fsp3) is 0.0833. The van der Waals surface area contributed by atoms with Gasteiger partial charge in [0.15, 0.2) is 11.6 Å². The molecule has 0 saturated carbocycles. The Morgan fingerprint density at radius 1 is 1.37 bits per heavy atom. The average Bonchev–Trinajstić information content (AvgIpc) is 2.70. The number of halogens is 3. The van der Waals surface area contributed by atoms with E-state index in [1.807, 2.05) is 0 Å². The summed E-state index contributed by atoms with van der Waals surface area (Å²) >= 11 is 11.4. The molecule has 1 aromatic carbocycles. The molecule has 0 aliphatic heterocycles. The zero-order valence-electron chi connectivity index (χ0n) is 9.76. The lowest BCUT2D eigenvalue weighted by Crippen LogP contribution is -2.12. The second-order valence-corrected chi connectivity index (χ2v) is 4.43. The molecule has 19 heavy (non-hydrogen) atoms. The van der Waals surface area contributed by atoms with Crippen LogP contribution in [0.25, 0.3) is 0 Å². The number of rotatable bonds is 3. The Hall–Kier alpha value is -1.72. The Kier molecular flexibility index (Phi) is 3.97. The van der Waals surface area contributed by atoms with E-state index >= 15 is 0 Å². The van der Waals surface area contributed by atoms with Crippen LogP contribution in [0, 0.1) is 5.82 Å². The average molecular weight is 303 g/mol. The van der Waals surface area contributed by atoms with Crippen LogP contribution in [-0.2, 0) is 0 Å². The number of hydrogen-bond acceptors (Lipinski definition) is 2. The van der Waals surface area contributed by atoms with Crippen molar-refractivity contribution in [1.82, 2.24) is 4.98 Å². The summed E-state index contributed by atoms with van der Waals surface area (Å²) in [6.45, 7) is 0. The predicted molar refractivity (Wildman–Crippen MR) is 71.7 cm³/mol. The van der Waals surface area contributed by atoms with Gasteiger partial charge in [0.05, 0.1) is 12.1 Å². The normalized spacial score (nSPS) is 10.3. The first kappa shape index (κ1) is 13.7. The van der Waals surface area contributed by atoms with E-state index in [2.05, 4.69) is 10.3 Å². The summed E-state index contributed by atoms with van der Waals surface area (Å²) in [7, 11) is 1.36. The molecular weight excluding hydrogens is 294 g/mol. The summed E-state index contributed by atoms with van der Waals surface area (Å²) in [5.41, 5.74) is 0.483.